The summed E-state index contributed by atoms with van der Waals surface area (Å²) in [4.78, 5) is 38.1. The molecule has 1 unspecified atom stereocenters. The van der Waals surface area contributed by atoms with E-state index in [0.717, 1.165) is 22.3 Å². The van der Waals surface area contributed by atoms with Crippen LogP contribution in [0, 0.1) is 12.7 Å². The van der Waals surface area contributed by atoms with Crippen molar-refractivity contribution in [2.24, 2.45) is 0 Å². The molecule has 0 saturated carbocycles. The highest BCUT2D eigenvalue weighted by molar-refractivity contribution is 7.19. The van der Waals surface area contributed by atoms with E-state index in [9.17, 15) is 14.0 Å². The molecule has 1 aromatic carbocycles. The molecular formula is C25H25FN6O2S. The molecule has 1 atom stereocenters. The minimum Gasteiger partial charge on any atom is -0.350 e. The highest BCUT2D eigenvalue weighted by Gasteiger charge is 2.18. The second-order valence-electron chi connectivity index (χ2n) is 8.15. The Hall–Kier alpha value is -3.92. The summed E-state index contributed by atoms with van der Waals surface area (Å²) in [5, 5.41) is 8.81. The van der Waals surface area contributed by atoms with E-state index < -0.39 is 5.82 Å². The molecule has 0 saturated heterocycles. The van der Waals surface area contributed by atoms with Gasteiger partial charge in [0.1, 0.15) is 5.82 Å². The summed E-state index contributed by atoms with van der Waals surface area (Å²) < 4.78 is 14.3. The molecule has 0 radical (unpaired) electrons. The first-order valence-electron chi connectivity index (χ1n) is 11.1. The number of nitrogens with zero attached hydrogens (tertiary/aromatic N) is 3. The van der Waals surface area contributed by atoms with E-state index in [4.69, 9.17) is 0 Å². The molecule has 180 valence electrons. The van der Waals surface area contributed by atoms with Crippen molar-refractivity contribution in [2.45, 2.75) is 33.2 Å². The second-order valence-corrected chi connectivity index (χ2v) is 9.41. The van der Waals surface area contributed by atoms with Crippen LogP contribution < -0.4 is 16.0 Å². The lowest BCUT2D eigenvalue weighted by molar-refractivity contribution is -0.114. The number of nitrogens with one attached hydrogen (secondary N) is 3. The van der Waals surface area contributed by atoms with Crippen LogP contribution in [0.4, 0.5) is 16.0 Å². The van der Waals surface area contributed by atoms with Crippen LogP contribution in [0.15, 0.2) is 48.8 Å². The van der Waals surface area contributed by atoms with Gasteiger partial charge in [0, 0.05) is 30.2 Å². The average molecular weight is 493 g/mol. The van der Waals surface area contributed by atoms with Gasteiger partial charge in [-0.25, -0.2) is 14.4 Å². The molecule has 10 heteroatoms. The summed E-state index contributed by atoms with van der Waals surface area (Å²) in [5.74, 6) is -0.561. The van der Waals surface area contributed by atoms with Crippen molar-refractivity contribution in [3.63, 3.8) is 0 Å². The monoisotopic (exact) mass is 492 g/mol. The lowest BCUT2D eigenvalue weighted by Crippen LogP contribution is -2.27. The molecule has 0 aliphatic heterocycles. The highest BCUT2D eigenvalue weighted by atomic mass is 32.1. The molecular weight excluding hydrogens is 467 g/mol. The standard InChI is InChI=1S/C25H25FN6O2S/c1-14-10-21-23(35-14)22(32-25(31-21)29-15(2)18-11-19(26)13-27-12-18)24(34)28-9-8-17-4-6-20(7-5-17)30-16(3)33/h4-7,10-13,15H,8-9H2,1-3H3,(H,28,34)(H,30,33)(H,29,31,32). The Kier molecular flexibility index (Phi) is 7.31. The number of carbonyl (C=O) groups is 2. The highest BCUT2D eigenvalue weighted by Crippen LogP contribution is 2.28. The number of thiophene rings is 1. The zero-order valence-corrected chi connectivity index (χ0v) is 20.4. The van der Waals surface area contributed by atoms with Gasteiger partial charge < -0.3 is 16.0 Å². The van der Waals surface area contributed by atoms with E-state index >= 15 is 0 Å². The van der Waals surface area contributed by atoms with Gasteiger partial charge in [-0.05, 0) is 55.7 Å². The van der Waals surface area contributed by atoms with Gasteiger partial charge in [-0.3, -0.25) is 14.6 Å². The first kappa shape index (κ1) is 24.2. The number of pyridine rings is 1. The summed E-state index contributed by atoms with van der Waals surface area (Å²) >= 11 is 1.46. The van der Waals surface area contributed by atoms with Gasteiger partial charge in [0.2, 0.25) is 11.9 Å². The molecule has 4 aromatic rings. The van der Waals surface area contributed by atoms with Crippen molar-refractivity contribution in [3.05, 3.63) is 76.3 Å². The number of rotatable bonds is 8. The van der Waals surface area contributed by atoms with Gasteiger partial charge in [0.25, 0.3) is 5.91 Å². The number of amides is 2. The van der Waals surface area contributed by atoms with Crippen molar-refractivity contribution >= 4 is 45.0 Å². The summed E-state index contributed by atoms with van der Waals surface area (Å²) in [6, 6.07) is 10.5. The third-order valence-electron chi connectivity index (χ3n) is 5.26. The maximum Gasteiger partial charge on any atom is 0.271 e. The van der Waals surface area contributed by atoms with Crippen LogP contribution in [0.3, 0.4) is 0 Å². The minimum atomic E-state index is -0.425. The van der Waals surface area contributed by atoms with Crippen LogP contribution in [0.5, 0.6) is 0 Å². The van der Waals surface area contributed by atoms with Crippen LogP contribution in [0.25, 0.3) is 10.2 Å². The van der Waals surface area contributed by atoms with Gasteiger partial charge in [-0.1, -0.05) is 12.1 Å². The van der Waals surface area contributed by atoms with E-state index in [1.807, 2.05) is 44.2 Å². The van der Waals surface area contributed by atoms with Crippen molar-refractivity contribution < 1.29 is 14.0 Å². The van der Waals surface area contributed by atoms with Crippen molar-refractivity contribution in [1.29, 1.82) is 0 Å². The average Bonchev–Trinajstić information content (AvgIpc) is 3.19. The zero-order chi connectivity index (χ0) is 24.9. The summed E-state index contributed by atoms with van der Waals surface area (Å²) in [6.07, 6.45) is 3.34. The fourth-order valence-electron chi connectivity index (χ4n) is 3.57. The Morgan fingerprint density at radius 2 is 1.89 bits per heavy atom. The van der Waals surface area contributed by atoms with Crippen molar-refractivity contribution in [3.8, 4) is 0 Å². The predicted molar refractivity (Wildman–Crippen MR) is 135 cm³/mol. The molecule has 0 bridgehead atoms. The fourth-order valence-corrected chi connectivity index (χ4v) is 4.51. The minimum absolute atomic E-state index is 0.124. The van der Waals surface area contributed by atoms with Gasteiger partial charge >= 0.3 is 0 Å². The van der Waals surface area contributed by atoms with Crippen LogP contribution in [-0.2, 0) is 11.2 Å². The molecule has 0 aliphatic rings. The molecule has 0 spiro atoms. The zero-order valence-electron chi connectivity index (χ0n) is 19.6. The van der Waals surface area contributed by atoms with E-state index in [1.165, 1.54) is 24.3 Å². The Morgan fingerprint density at radius 1 is 1.11 bits per heavy atom. The molecule has 4 rings (SSSR count). The van der Waals surface area contributed by atoms with Crippen LogP contribution in [0.2, 0.25) is 0 Å². The number of aryl methyl sites for hydroxylation is 1. The maximum atomic E-state index is 13.6. The maximum absolute atomic E-state index is 13.6. The smallest absolute Gasteiger partial charge is 0.271 e. The van der Waals surface area contributed by atoms with Gasteiger partial charge in [-0.2, -0.15) is 0 Å². The SMILES string of the molecule is CC(=O)Nc1ccc(CCNC(=O)c2nc(NC(C)c3cncc(F)c3)nc3cc(C)sc23)cc1. The van der Waals surface area contributed by atoms with Crippen LogP contribution >= 0.6 is 11.3 Å². The number of fused-ring (bicyclic) bond motifs is 1. The molecule has 3 N–H and O–H groups in total. The molecule has 35 heavy (non-hydrogen) atoms. The molecule has 3 heterocycles. The Balaban J connectivity index is 1.47. The summed E-state index contributed by atoms with van der Waals surface area (Å²) in [6.45, 7) is 5.68. The van der Waals surface area contributed by atoms with Crippen LogP contribution in [-0.4, -0.2) is 33.3 Å². The number of halogens is 1. The van der Waals surface area contributed by atoms with E-state index in [-0.39, 0.29) is 23.8 Å². The normalized spacial score (nSPS) is 11.8. The Bertz CT molecular complexity index is 1370. The first-order valence-corrected chi connectivity index (χ1v) is 11.9. The van der Waals surface area contributed by atoms with Crippen molar-refractivity contribution in [2.75, 3.05) is 17.2 Å². The van der Waals surface area contributed by atoms with E-state index in [2.05, 4.69) is 30.9 Å². The molecule has 0 aliphatic carbocycles. The van der Waals surface area contributed by atoms with Crippen molar-refractivity contribution in [1.82, 2.24) is 20.3 Å². The van der Waals surface area contributed by atoms with Gasteiger partial charge in [0.15, 0.2) is 5.69 Å². The lowest BCUT2D eigenvalue weighted by Gasteiger charge is -2.15. The number of benzene rings is 1. The van der Waals surface area contributed by atoms with Crippen LogP contribution in [0.1, 0.15) is 46.4 Å². The number of anilines is 2. The number of hydrogen-bond acceptors (Lipinski definition) is 7. The topological polar surface area (TPSA) is 109 Å². The summed E-state index contributed by atoms with van der Waals surface area (Å²) in [7, 11) is 0. The second kappa shape index (κ2) is 10.6. The predicted octanol–water partition coefficient (Wildman–Crippen LogP) is 4.64. The summed E-state index contributed by atoms with van der Waals surface area (Å²) in [5.41, 5.74) is 3.37. The van der Waals surface area contributed by atoms with Gasteiger partial charge in [-0.15, -0.1) is 11.3 Å². The Morgan fingerprint density at radius 3 is 2.60 bits per heavy atom. The number of aromatic nitrogens is 3. The Labute approximate surface area is 206 Å². The molecule has 2 amide bonds. The fraction of sp³-hybridized carbons (Fsp3) is 0.240. The van der Waals surface area contributed by atoms with Gasteiger partial charge in [0.05, 0.1) is 22.5 Å². The largest absolute Gasteiger partial charge is 0.350 e. The quantitative estimate of drug-likeness (QED) is 0.331. The third-order valence-corrected chi connectivity index (χ3v) is 6.30. The molecule has 0 fully saturated rings. The van der Waals surface area contributed by atoms with E-state index in [0.29, 0.717) is 34.4 Å². The number of carbonyl (C=O) groups excluding carboxylic acids is 2. The lowest BCUT2D eigenvalue weighted by atomic mass is 10.1. The molecule has 3 aromatic heterocycles. The van der Waals surface area contributed by atoms with E-state index in [1.54, 1.807) is 6.20 Å². The number of hydrogen-bond donors (Lipinski definition) is 3. The first-order chi connectivity index (χ1) is 16.8. The third kappa shape index (κ3) is 6.15. The molecule has 8 nitrogen and oxygen atoms in total.